The number of carbonyl (C=O) groups is 1. The van der Waals surface area contributed by atoms with Gasteiger partial charge in [0.15, 0.2) is 0 Å². The van der Waals surface area contributed by atoms with Crippen LogP contribution in [0.1, 0.15) is 13.3 Å². The van der Waals surface area contributed by atoms with Crippen molar-refractivity contribution in [1.82, 2.24) is 4.90 Å². The van der Waals surface area contributed by atoms with Gasteiger partial charge in [-0.3, -0.25) is 14.9 Å². The Kier molecular flexibility index (Phi) is 5.76. The Morgan fingerprint density at radius 3 is 2.35 bits per heavy atom. The second-order valence-electron chi connectivity index (χ2n) is 4.59. The maximum Gasteiger partial charge on any atom is 0.273 e. The highest BCUT2D eigenvalue weighted by atomic mass is 16.6. The number of benzene rings is 1. The number of nitro groups is 1. The number of amides is 1. The van der Waals surface area contributed by atoms with Crippen LogP contribution in [0, 0.1) is 10.1 Å². The SMILES string of the molecule is CCCNc1cc(NCC(=O)N(C)C)cc([N+](=O)[O-])c1. The van der Waals surface area contributed by atoms with E-state index >= 15 is 0 Å². The van der Waals surface area contributed by atoms with Crippen LogP contribution in [-0.2, 0) is 4.79 Å². The van der Waals surface area contributed by atoms with Gasteiger partial charge in [0.1, 0.15) is 0 Å². The van der Waals surface area contributed by atoms with Crippen molar-refractivity contribution < 1.29 is 9.72 Å². The van der Waals surface area contributed by atoms with E-state index in [4.69, 9.17) is 0 Å². The average molecular weight is 280 g/mol. The first-order valence-corrected chi connectivity index (χ1v) is 6.41. The first-order valence-electron chi connectivity index (χ1n) is 6.41. The molecular weight excluding hydrogens is 260 g/mol. The van der Waals surface area contributed by atoms with Gasteiger partial charge in [-0.05, 0) is 12.5 Å². The number of rotatable bonds is 7. The van der Waals surface area contributed by atoms with Gasteiger partial charge >= 0.3 is 0 Å². The van der Waals surface area contributed by atoms with Gasteiger partial charge in [0.2, 0.25) is 5.91 Å². The van der Waals surface area contributed by atoms with Crippen LogP contribution in [0.2, 0.25) is 0 Å². The largest absolute Gasteiger partial charge is 0.385 e. The number of hydrogen-bond donors (Lipinski definition) is 2. The Morgan fingerprint density at radius 2 is 1.85 bits per heavy atom. The Hall–Kier alpha value is -2.31. The van der Waals surface area contributed by atoms with Gasteiger partial charge in [0, 0.05) is 44.1 Å². The first-order chi connectivity index (χ1) is 9.43. The summed E-state index contributed by atoms with van der Waals surface area (Å²) in [6.45, 7) is 2.85. The summed E-state index contributed by atoms with van der Waals surface area (Å²) in [6, 6.07) is 4.65. The number of hydrogen-bond acceptors (Lipinski definition) is 5. The maximum absolute atomic E-state index is 11.5. The monoisotopic (exact) mass is 280 g/mol. The van der Waals surface area contributed by atoms with Gasteiger partial charge < -0.3 is 15.5 Å². The van der Waals surface area contributed by atoms with Gasteiger partial charge in [0.25, 0.3) is 5.69 Å². The normalized spacial score (nSPS) is 9.95. The summed E-state index contributed by atoms with van der Waals surface area (Å²) in [5.74, 6) is -0.0976. The van der Waals surface area contributed by atoms with E-state index < -0.39 is 4.92 Å². The summed E-state index contributed by atoms with van der Waals surface area (Å²) in [4.78, 5) is 23.4. The van der Waals surface area contributed by atoms with E-state index in [0.717, 1.165) is 13.0 Å². The van der Waals surface area contributed by atoms with Crippen LogP contribution in [0.25, 0.3) is 0 Å². The maximum atomic E-state index is 11.5. The molecule has 0 atom stereocenters. The molecule has 7 heteroatoms. The molecule has 1 aromatic rings. The summed E-state index contributed by atoms with van der Waals surface area (Å²) in [5, 5.41) is 16.9. The minimum Gasteiger partial charge on any atom is -0.385 e. The fourth-order valence-corrected chi connectivity index (χ4v) is 1.53. The van der Waals surface area contributed by atoms with Crippen molar-refractivity contribution in [2.24, 2.45) is 0 Å². The quantitative estimate of drug-likeness (QED) is 0.588. The molecule has 0 fully saturated rings. The van der Waals surface area contributed by atoms with E-state index in [1.54, 1.807) is 20.2 Å². The van der Waals surface area contributed by atoms with Crippen LogP contribution in [-0.4, -0.2) is 42.9 Å². The molecule has 20 heavy (non-hydrogen) atoms. The summed E-state index contributed by atoms with van der Waals surface area (Å²) >= 11 is 0. The molecule has 1 aromatic carbocycles. The predicted octanol–water partition coefficient (Wildman–Crippen LogP) is 1.92. The zero-order valence-corrected chi connectivity index (χ0v) is 12.0. The number of likely N-dealkylation sites (N-methyl/N-ethyl adjacent to an activating group) is 1. The van der Waals surface area contributed by atoms with Crippen LogP contribution < -0.4 is 10.6 Å². The fraction of sp³-hybridized carbons (Fsp3) is 0.462. The first kappa shape index (κ1) is 15.7. The molecule has 0 aliphatic carbocycles. The highest BCUT2D eigenvalue weighted by Gasteiger charge is 2.11. The van der Waals surface area contributed by atoms with Gasteiger partial charge in [-0.2, -0.15) is 0 Å². The van der Waals surface area contributed by atoms with Crippen molar-refractivity contribution >= 4 is 23.0 Å². The van der Waals surface area contributed by atoms with Crippen molar-refractivity contribution in [1.29, 1.82) is 0 Å². The van der Waals surface area contributed by atoms with Crippen LogP contribution >= 0.6 is 0 Å². The van der Waals surface area contributed by atoms with E-state index in [1.807, 2.05) is 6.92 Å². The molecule has 0 radical (unpaired) electrons. The Balaban J connectivity index is 2.85. The Labute approximate surface area is 118 Å². The number of anilines is 2. The molecule has 0 unspecified atom stereocenters. The highest BCUT2D eigenvalue weighted by molar-refractivity contribution is 5.80. The highest BCUT2D eigenvalue weighted by Crippen LogP contribution is 2.24. The topological polar surface area (TPSA) is 87.5 Å². The van der Waals surface area contributed by atoms with Gasteiger partial charge in [-0.25, -0.2) is 0 Å². The summed E-state index contributed by atoms with van der Waals surface area (Å²) in [6.07, 6.45) is 0.921. The molecule has 7 nitrogen and oxygen atoms in total. The Morgan fingerprint density at radius 1 is 1.25 bits per heavy atom. The number of nitrogens with zero attached hydrogens (tertiary/aromatic N) is 2. The minimum absolute atomic E-state index is 0.00842. The second-order valence-corrected chi connectivity index (χ2v) is 4.59. The summed E-state index contributed by atoms with van der Waals surface area (Å²) in [5.41, 5.74) is 1.21. The smallest absolute Gasteiger partial charge is 0.273 e. The molecule has 0 aromatic heterocycles. The summed E-state index contributed by atoms with van der Waals surface area (Å²) < 4.78 is 0. The fourth-order valence-electron chi connectivity index (χ4n) is 1.53. The molecule has 0 aliphatic heterocycles. The van der Waals surface area contributed by atoms with E-state index in [0.29, 0.717) is 11.4 Å². The number of nitro benzene ring substituents is 1. The average Bonchev–Trinajstić information content (AvgIpc) is 2.42. The van der Waals surface area contributed by atoms with E-state index in [-0.39, 0.29) is 18.1 Å². The predicted molar refractivity (Wildman–Crippen MR) is 79.1 cm³/mol. The molecule has 0 heterocycles. The third-order valence-corrected chi connectivity index (χ3v) is 2.65. The van der Waals surface area contributed by atoms with Gasteiger partial charge in [-0.15, -0.1) is 0 Å². The van der Waals surface area contributed by atoms with Crippen LogP contribution in [0.5, 0.6) is 0 Å². The molecule has 1 amide bonds. The van der Waals surface area contributed by atoms with Crippen LogP contribution in [0.4, 0.5) is 17.1 Å². The molecule has 1 rings (SSSR count). The lowest BCUT2D eigenvalue weighted by molar-refractivity contribution is -0.384. The lowest BCUT2D eigenvalue weighted by Gasteiger charge is -2.13. The summed E-state index contributed by atoms with van der Waals surface area (Å²) in [7, 11) is 3.32. The third-order valence-electron chi connectivity index (χ3n) is 2.65. The molecule has 2 N–H and O–H groups in total. The third kappa shape index (κ3) is 4.75. The molecule has 0 bridgehead atoms. The van der Waals surface area contributed by atoms with Crippen LogP contribution in [0.15, 0.2) is 18.2 Å². The van der Waals surface area contributed by atoms with E-state index in [1.165, 1.54) is 17.0 Å². The number of non-ortho nitro benzene ring substituents is 1. The van der Waals surface area contributed by atoms with Crippen molar-refractivity contribution in [2.75, 3.05) is 37.8 Å². The van der Waals surface area contributed by atoms with Crippen LogP contribution in [0.3, 0.4) is 0 Å². The number of carbonyl (C=O) groups excluding carboxylic acids is 1. The van der Waals surface area contributed by atoms with Gasteiger partial charge in [-0.1, -0.05) is 6.92 Å². The molecule has 0 saturated heterocycles. The number of nitrogens with one attached hydrogen (secondary N) is 2. The zero-order chi connectivity index (χ0) is 15.1. The molecular formula is C13H20N4O3. The molecule has 0 saturated carbocycles. The lowest BCUT2D eigenvalue weighted by Crippen LogP contribution is -2.28. The van der Waals surface area contributed by atoms with Crippen molar-refractivity contribution in [3.05, 3.63) is 28.3 Å². The van der Waals surface area contributed by atoms with Crippen molar-refractivity contribution in [2.45, 2.75) is 13.3 Å². The molecule has 0 spiro atoms. The molecule has 0 aliphatic rings. The zero-order valence-electron chi connectivity index (χ0n) is 12.0. The van der Waals surface area contributed by atoms with E-state index in [2.05, 4.69) is 10.6 Å². The Bertz CT molecular complexity index is 489. The standard InChI is InChI=1S/C13H20N4O3/c1-4-5-14-10-6-11(8-12(7-10)17(19)20)15-9-13(18)16(2)3/h6-8,14-15H,4-5,9H2,1-3H3. The minimum atomic E-state index is -0.448. The lowest BCUT2D eigenvalue weighted by atomic mass is 10.2. The van der Waals surface area contributed by atoms with Crippen molar-refractivity contribution in [3.63, 3.8) is 0 Å². The van der Waals surface area contributed by atoms with Crippen molar-refractivity contribution in [3.8, 4) is 0 Å². The molecule has 110 valence electrons. The van der Waals surface area contributed by atoms with E-state index in [9.17, 15) is 14.9 Å². The van der Waals surface area contributed by atoms with Gasteiger partial charge in [0.05, 0.1) is 11.5 Å². The second kappa shape index (κ2) is 7.32.